The van der Waals surface area contributed by atoms with Crippen LogP contribution in [0.2, 0.25) is 0 Å². The molecule has 1 aliphatic rings. The normalized spacial score (nSPS) is 20.6. The summed E-state index contributed by atoms with van der Waals surface area (Å²) >= 11 is 0. The molecular weight excluding hydrogens is 230 g/mol. The van der Waals surface area contributed by atoms with Crippen LogP contribution in [0, 0.1) is 6.92 Å². The lowest BCUT2D eigenvalue weighted by molar-refractivity contribution is -0.0626. The van der Waals surface area contributed by atoms with Gasteiger partial charge in [-0.2, -0.15) is 0 Å². The SMILES string of the molecule is Cc1nccnc1C(C)NCC1(O)CCOCC1. The Morgan fingerprint density at radius 1 is 1.39 bits per heavy atom. The molecule has 1 aliphatic heterocycles. The molecule has 0 aromatic carbocycles. The van der Waals surface area contributed by atoms with Gasteiger partial charge in [-0.1, -0.05) is 0 Å². The van der Waals surface area contributed by atoms with Crippen LogP contribution in [0.15, 0.2) is 12.4 Å². The van der Waals surface area contributed by atoms with E-state index in [-0.39, 0.29) is 6.04 Å². The van der Waals surface area contributed by atoms with Gasteiger partial charge in [0, 0.05) is 51.0 Å². The number of aryl methyl sites for hydroxylation is 1. The number of ether oxygens (including phenoxy) is 1. The molecule has 1 atom stereocenters. The van der Waals surface area contributed by atoms with Gasteiger partial charge in [0.2, 0.25) is 0 Å². The average molecular weight is 251 g/mol. The molecule has 0 saturated carbocycles. The molecule has 18 heavy (non-hydrogen) atoms. The van der Waals surface area contributed by atoms with Crippen LogP contribution in [0.1, 0.15) is 37.2 Å². The van der Waals surface area contributed by atoms with Gasteiger partial charge in [-0.3, -0.25) is 9.97 Å². The third kappa shape index (κ3) is 3.25. The predicted octanol–water partition coefficient (Wildman–Crippen LogP) is 0.977. The summed E-state index contributed by atoms with van der Waals surface area (Å²) in [7, 11) is 0. The number of aliphatic hydroxyl groups is 1. The molecule has 1 unspecified atom stereocenters. The number of hydrogen-bond donors (Lipinski definition) is 2. The zero-order chi connectivity index (χ0) is 13.0. The topological polar surface area (TPSA) is 67.3 Å². The van der Waals surface area contributed by atoms with E-state index in [2.05, 4.69) is 15.3 Å². The third-order valence-corrected chi connectivity index (χ3v) is 3.49. The fraction of sp³-hybridized carbons (Fsp3) is 0.692. The van der Waals surface area contributed by atoms with Crippen molar-refractivity contribution in [1.29, 1.82) is 0 Å². The summed E-state index contributed by atoms with van der Waals surface area (Å²) < 4.78 is 5.27. The average Bonchev–Trinajstić information content (AvgIpc) is 2.38. The van der Waals surface area contributed by atoms with Gasteiger partial charge in [0.1, 0.15) is 0 Å². The molecule has 2 N–H and O–H groups in total. The van der Waals surface area contributed by atoms with E-state index in [1.807, 2.05) is 13.8 Å². The van der Waals surface area contributed by atoms with Crippen molar-refractivity contribution in [2.45, 2.75) is 38.3 Å². The first-order valence-electron chi connectivity index (χ1n) is 6.42. The molecule has 0 amide bonds. The third-order valence-electron chi connectivity index (χ3n) is 3.49. The molecule has 0 radical (unpaired) electrons. The maximum absolute atomic E-state index is 10.4. The lowest BCUT2D eigenvalue weighted by atomic mass is 9.94. The van der Waals surface area contributed by atoms with Crippen LogP contribution in [0.3, 0.4) is 0 Å². The minimum absolute atomic E-state index is 0.0885. The van der Waals surface area contributed by atoms with Crippen LogP contribution >= 0.6 is 0 Å². The number of nitrogens with zero attached hydrogens (tertiary/aromatic N) is 2. The molecule has 1 aromatic rings. The molecule has 1 fully saturated rings. The zero-order valence-electron chi connectivity index (χ0n) is 11.0. The second-order valence-electron chi connectivity index (χ2n) is 4.97. The second kappa shape index (κ2) is 5.73. The Labute approximate surface area is 108 Å². The Morgan fingerprint density at radius 2 is 2.06 bits per heavy atom. The molecule has 0 spiro atoms. The summed E-state index contributed by atoms with van der Waals surface area (Å²) in [6.07, 6.45) is 4.76. The highest BCUT2D eigenvalue weighted by Crippen LogP contribution is 2.21. The fourth-order valence-electron chi connectivity index (χ4n) is 2.21. The second-order valence-corrected chi connectivity index (χ2v) is 4.97. The Hall–Kier alpha value is -1.04. The summed E-state index contributed by atoms with van der Waals surface area (Å²) in [6, 6.07) is 0.0885. The van der Waals surface area contributed by atoms with Gasteiger partial charge in [0.25, 0.3) is 0 Å². The van der Waals surface area contributed by atoms with Crippen LogP contribution in [-0.4, -0.2) is 40.4 Å². The molecule has 0 bridgehead atoms. The van der Waals surface area contributed by atoms with Crippen LogP contribution in [0.5, 0.6) is 0 Å². The summed E-state index contributed by atoms with van der Waals surface area (Å²) in [5.74, 6) is 0. The maximum Gasteiger partial charge on any atom is 0.0815 e. The Morgan fingerprint density at radius 3 is 2.72 bits per heavy atom. The van der Waals surface area contributed by atoms with Gasteiger partial charge in [0.15, 0.2) is 0 Å². The van der Waals surface area contributed by atoms with E-state index in [1.165, 1.54) is 0 Å². The molecule has 2 heterocycles. The summed E-state index contributed by atoms with van der Waals surface area (Å²) in [4.78, 5) is 8.56. The molecule has 5 heteroatoms. The van der Waals surface area contributed by atoms with Crippen molar-refractivity contribution in [3.8, 4) is 0 Å². The van der Waals surface area contributed by atoms with Crippen molar-refractivity contribution >= 4 is 0 Å². The van der Waals surface area contributed by atoms with Crippen molar-refractivity contribution < 1.29 is 9.84 Å². The van der Waals surface area contributed by atoms with Gasteiger partial charge in [-0.15, -0.1) is 0 Å². The number of nitrogens with one attached hydrogen (secondary N) is 1. The molecule has 100 valence electrons. The molecule has 1 aromatic heterocycles. The van der Waals surface area contributed by atoms with E-state index in [0.29, 0.717) is 32.6 Å². The number of aromatic nitrogens is 2. The van der Waals surface area contributed by atoms with Crippen LogP contribution in [-0.2, 0) is 4.74 Å². The highest BCUT2D eigenvalue weighted by molar-refractivity contribution is 5.12. The minimum Gasteiger partial charge on any atom is -0.388 e. The Kier molecular flexibility index (Phi) is 4.27. The Balaban J connectivity index is 1.92. The summed E-state index contributed by atoms with van der Waals surface area (Å²) in [5, 5.41) is 13.7. The number of hydrogen-bond acceptors (Lipinski definition) is 5. The fourth-order valence-corrected chi connectivity index (χ4v) is 2.21. The van der Waals surface area contributed by atoms with Crippen LogP contribution < -0.4 is 5.32 Å². The molecule has 0 aliphatic carbocycles. The zero-order valence-corrected chi connectivity index (χ0v) is 11.0. The first-order chi connectivity index (χ1) is 8.61. The van der Waals surface area contributed by atoms with Gasteiger partial charge in [-0.05, 0) is 13.8 Å². The van der Waals surface area contributed by atoms with E-state index in [4.69, 9.17) is 4.74 Å². The van der Waals surface area contributed by atoms with E-state index >= 15 is 0 Å². The summed E-state index contributed by atoms with van der Waals surface area (Å²) in [5.41, 5.74) is 1.22. The van der Waals surface area contributed by atoms with Crippen molar-refractivity contribution in [3.63, 3.8) is 0 Å². The van der Waals surface area contributed by atoms with Crippen LogP contribution in [0.4, 0.5) is 0 Å². The van der Waals surface area contributed by atoms with Gasteiger partial charge in [0.05, 0.1) is 17.0 Å². The van der Waals surface area contributed by atoms with E-state index in [9.17, 15) is 5.11 Å². The van der Waals surface area contributed by atoms with E-state index < -0.39 is 5.60 Å². The smallest absolute Gasteiger partial charge is 0.0815 e. The molecule has 2 rings (SSSR count). The van der Waals surface area contributed by atoms with Crippen molar-refractivity contribution in [2.75, 3.05) is 19.8 Å². The molecular formula is C13H21N3O2. The highest BCUT2D eigenvalue weighted by atomic mass is 16.5. The lowest BCUT2D eigenvalue weighted by Crippen LogP contribution is -2.45. The first-order valence-corrected chi connectivity index (χ1v) is 6.42. The van der Waals surface area contributed by atoms with Gasteiger partial charge >= 0.3 is 0 Å². The summed E-state index contributed by atoms with van der Waals surface area (Å²) in [6.45, 7) is 5.82. The number of rotatable bonds is 4. The van der Waals surface area contributed by atoms with Gasteiger partial charge < -0.3 is 15.2 Å². The minimum atomic E-state index is -0.650. The van der Waals surface area contributed by atoms with E-state index in [1.54, 1.807) is 12.4 Å². The van der Waals surface area contributed by atoms with Gasteiger partial charge in [-0.25, -0.2) is 0 Å². The standard InChI is InChI=1S/C13H21N3O2/c1-10-12(15-6-5-14-10)11(2)16-9-13(17)3-7-18-8-4-13/h5-6,11,16-17H,3-4,7-9H2,1-2H3. The Bertz CT molecular complexity index is 392. The van der Waals surface area contributed by atoms with Crippen LogP contribution in [0.25, 0.3) is 0 Å². The quantitative estimate of drug-likeness (QED) is 0.835. The highest BCUT2D eigenvalue weighted by Gasteiger charge is 2.30. The molecule has 5 nitrogen and oxygen atoms in total. The molecule has 1 saturated heterocycles. The largest absolute Gasteiger partial charge is 0.388 e. The first kappa shape index (κ1) is 13.4. The lowest BCUT2D eigenvalue weighted by Gasteiger charge is -2.33. The monoisotopic (exact) mass is 251 g/mol. The van der Waals surface area contributed by atoms with Crippen molar-refractivity contribution in [1.82, 2.24) is 15.3 Å². The maximum atomic E-state index is 10.4. The van der Waals surface area contributed by atoms with E-state index in [0.717, 1.165) is 11.4 Å². The van der Waals surface area contributed by atoms with Crippen molar-refractivity contribution in [2.24, 2.45) is 0 Å². The predicted molar refractivity (Wildman–Crippen MR) is 68.2 cm³/mol. The van der Waals surface area contributed by atoms with Crippen molar-refractivity contribution in [3.05, 3.63) is 23.8 Å².